The number of thiophene rings is 1. The van der Waals surface area contributed by atoms with Gasteiger partial charge in [0.25, 0.3) is 5.91 Å². The Morgan fingerprint density at radius 3 is 2.47 bits per heavy atom. The van der Waals surface area contributed by atoms with Crippen molar-refractivity contribution in [3.63, 3.8) is 0 Å². The summed E-state index contributed by atoms with van der Waals surface area (Å²) >= 11 is 1.47. The van der Waals surface area contributed by atoms with E-state index < -0.39 is 5.97 Å². The molecule has 1 aliphatic rings. The average molecular weight is 432 g/mol. The van der Waals surface area contributed by atoms with Crippen LogP contribution < -0.4 is 14.8 Å². The number of carbonyl (C=O) groups excluding carboxylic acids is 2. The molecule has 0 radical (unpaired) electrons. The van der Waals surface area contributed by atoms with Gasteiger partial charge in [0.1, 0.15) is 16.5 Å². The highest BCUT2D eigenvalue weighted by Crippen LogP contribution is 2.44. The number of esters is 1. The molecule has 6 nitrogen and oxygen atoms in total. The highest BCUT2D eigenvalue weighted by molar-refractivity contribution is 7.17. The first-order valence-corrected chi connectivity index (χ1v) is 10.8. The number of hydrogen-bond donors (Lipinski definition) is 1. The molecule has 1 heterocycles. The highest BCUT2D eigenvalue weighted by Gasteiger charge is 2.34. The van der Waals surface area contributed by atoms with Crippen LogP contribution in [-0.4, -0.2) is 33.2 Å². The van der Waals surface area contributed by atoms with Gasteiger partial charge in [-0.1, -0.05) is 20.8 Å². The van der Waals surface area contributed by atoms with E-state index in [1.165, 1.54) is 25.6 Å². The number of methoxy groups -OCH3 is 3. The summed E-state index contributed by atoms with van der Waals surface area (Å²) in [6, 6.07) is 5.00. The van der Waals surface area contributed by atoms with E-state index in [0.717, 1.165) is 29.7 Å². The first-order valence-electron chi connectivity index (χ1n) is 9.95. The summed E-state index contributed by atoms with van der Waals surface area (Å²) < 4.78 is 15.6. The molecule has 7 heteroatoms. The second-order valence-electron chi connectivity index (χ2n) is 8.53. The van der Waals surface area contributed by atoms with Gasteiger partial charge in [0.15, 0.2) is 0 Å². The van der Waals surface area contributed by atoms with Crippen LogP contribution in [0.3, 0.4) is 0 Å². The molecule has 0 aliphatic heterocycles. The molecule has 0 bridgehead atoms. The molecule has 0 fully saturated rings. The molecule has 0 spiro atoms. The molecule has 0 saturated heterocycles. The summed E-state index contributed by atoms with van der Waals surface area (Å²) in [7, 11) is 4.42. The van der Waals surface area contributed by atoms with Gasteiger partial charge in [-0.25, -0.2) is 4.79 Å². The van der Waals surface area contributed by atoms with Crippen molar-refractivity contribution in [2.24, 2.45) is 11.3 Å². The van der Waals surface area contributed by atoms with Crippen LogP contribution in [0.5, 0.6) is 11.5 Å². The number of ether oxygens (including phenoxy) is 3. The van der Waals surface area contributed by atoms with Crippen molar-refractivity contribution in [1.29, 1.82) is 0 Å². The Morgan fingerprint density at radius 2 is 1.87 bits per heavy atom. The third-order valence-corrected chi connectivity index (χ3v) is 6.93. The van der Waals surface area contributed by atoms with Gasteiger partial charge in [0, 0.05) is 10.9 Å². The molecule has 162 valence electrons. The number of rotatable bonds is 5. The van der Waals surface area contributed by atoms with Gasteiger partial charge in [-0.15, -0.1) is 11.3 Å². The van der Waals surface area contributed by atoms with Crippen molar-refractivity contribution >= 4 is 28.2 Å². The maximum Gasteiger partial charge on any atom is 0.341 e. The summed E-state index contributed by atoms with van der Waals surface area (Å²) in [5, 5.41) is 3.45. The summed E-state index contributed by atoms with van der Waals surface area (Å²) in [6.07, 6.45) is 2.71. The number of fused-ring (bicyclic) bond motifs is 1. The lowest BCUT2D eigenvalue weighted by Crippen LogP contribution is -2.26. The third kappa shape index (κ3) is 4.31. The van der Waals surface area contributed by atoms with Gasteiger partial charge in [0.05, 0.1) is 32.5 Å². The minimum atomic E-state index is -0.418. The Kier molecular flexibility index (Phi) is 6.41. The van der Waals surface area contributed by atoms with E-state index in [1.54, 1.807) is 25.3 Å². The number of anilines is 1. The molecule has 1 aromatic carbocycles. The van der Waals surface area contributed by atoms with E-state index in [4.69, 9.17) is 14.2 Å². The second-order valence-corrected chi connectivity index (χ2v) is 9.63. The molecule has 1 aromatic heterocycles. The van der Waals surface area contributed by atoms with Crippen molar-refractivity contribution in [3.8, 4) is 11.5 Å². The molecule has 1 aliphatic carbocycles. The summed E-state index contributed by atoms with van der Waals surface area (Å²) in [4.78, 5) is 26.7. The lowest BCUT2D eigenvalue weighted by Gasteiger charge is -2.33. The minimum absolute atomic E-state index is 0.187. The molecular formula is C23H29NO5S. The van der Waals surface area contributed by atoms with Crippen molar-refractivity contribution in [2.45, 2.75) is 40.0 Å². The Labute approximate surface area is 181 Å². The average Bonchev–Trinajstić information content (AvgIpc) is 3.08. The first kappa shape index (κ1) is 22.2. The number of amides is 1. The summed E-state index contributed by atoms with van der Waals surface area (Å²) in [5.41, 5.74) is 2.04. The second kappa shape index (κ2) is 8.68. The maximum absolute atomic E-state index is 13.0. The van der Waals surface area contributed by atoms with E-state index >= 15 is 0 Å². The van der Waals surface area contributed by atoms with Gasteiger partial charge in [-0.05, 0) is 48.3 Å². The standard InChI is InChI=1S/C23H29NO5S/c1-23(2,3)13-7-9-16-18(11-13)30-21(19(16)22(26)29-6)24-20(25)15-10-8-14(27-4)12-17(15)28-5/h8,10,12-13H,7,9,11H2,1-6H3,(H,24,25)/t13-/m0/s1. The Balaban J connectivity index is 1.96. The fourth-order valence-corrected chi connectivity index (χ4v) is 5.20. The molecule has 1 N–H and O–H groups in total. The van der Waals surface area contributed by atoms with E-state index in [1.807, 2.05) is 0 Å². The zero-order valence-corrected chi connectivity index (χ0v) is 19.2. The van der Waals surface area contributed by atoms with Gasteiger partial charge < -0.3 is 19.5 Å². The number of carbonyl (C=O) groups is 2. The first-order chi connectivity index (χ1) is 14.2. The molecular weight excluding hydrogens is 402 g/mol. The molecule has 2 aromatic rings. The molecule has 30 heavy (non-hydrogen) atoms. The van der Waals surface area contributed by atoms with Gasteiger partial charge >= 0.3 is 5.97 Å². The largest absolute Gasteiger partial charge is 0.497 e. The van der Waals surface area contributed by atoms with Crippen LogP contribution in [0.25, 0.3) is 0 Å². The predicted molar refractivity (Wildman–Crippen MR) is 118 cm³/mol. The van der Waals surface area contributed by atoms with Crippen LogP contribution in [0.15, 0.2) is 18.2 Å². The quantitative estimate of drug-likeness (QED) is 0.678. The van der Waals surface area contributed by atoms with Crippen molar-refractivity contribution in [1.82, 2.24) is 0 Å². The molecule has 0 unspecified atom stereocenters. The van der Waals surface area contributed by atoms with E-state index in [9.17, 15) is 9.59 Å². The van der Waals surface area contributed by atoms with Crippen LogP contribution in [0.2, 0.25) is 0 Å². The molecule has 0 saturated carbocycles. The minimum Gasteiger partial charge on any atom is -0.497 e. The number of nitrogens with one attached hydrogen (secondary N) is 1. The van der Waals surface area contributed by atoms with Crippen LogP contribution in [0.4, 0.5) is 5.00 Å². The predicted octanol–water partition coefficient (Wildman–Crippen LogP) is 4.96. The van der Waals surface area contributed by atoms with Crippen molar-refractivity contribution < 1.29 is 23.8 Å². The van der Waals surface area contributed by atoms with Crippen LogP contribution in [0, 0.1) is 11.3 Å². The van der Waals surface area contributed by atoms with Crippen molar-refractivity contribution in [3.05, 3.63) is 39.8 Å². The number of benzene rings is 1. The maximum atomic E-state index is 13.0. The highest BCUT2D eigenvalue weighted by atomic mass is 32.1. The van der Waals surface area contributed by atoms with Crippen molar-refractivity contribution in [2.75, 3.05) is 26.6 Å². The van der Waals surface area contributed by atoms with Crippen LogP contribution in [0.1, 0.15) is 58.3 Å². The Bertz CT molecular complexity index is 957. The molecule has 1 amide bonds. The Morgan fingerprint density at radius 1 is 1.13 bits per heavy atom. The van der Waals surface area contributed by atoms with Gasteiger partial charge in [0.2, 0.25) is 0 Å². The van der Waals surface area contributed by atoms with E-state index in [2.05, 4.69) is 26.1 Å². The summed E-state index contributed by atoms with van der Waals surface area (Å²) in [5.74, 6) is 0.766. The zero-order valence-electron chi connectivity index (χ0n) is 18.4. The van der Waals surface area contributed by atoms with Gasteiger partial charge in [-0.2, -0.15) is 0 Å². The van der Waals surface area contributed by atoms with E-state index in [-0.39, 0.29) is 11.3 Å². The van der Waals surface area contributed by atoms with Crippen LogP contribution >= 0.6 is 11.3 Å². The normalized spacial score (nSPS) is 15.9. The smallest absolute Gasteiger partial charge is 0.341 e. The van der Waals surface area contributed by atoms with E-state index in [0.29, 0.717) is 33.5 Å². The fraction of sp³-hybridized carbons (Fsp3) is 0.478. The molecule has 1 atom stereocenters. The lowest BCUT2D eigenvalue weighted by atomic mass is 9.72. The third-order valence-electron chi connectivity index (χ3n) is 5.76. The molecule has 3 rings (SSSR count). The van der Waals surface area contributed by atoms with Gasteiger partial charge in [-0.3, -0.25) is 4.79 Å². The Hall–Kier alpha value is -2.54. The zero-order chi connectivity index (χ0) is 22.1. The fourth-order valence-electron chi connectivity index (χ4n) is 3.89. The SMILES string of the molecule is COC(=O)c1c(NC(=O)c2ccc(OC)cc2OC)sc2c1CC[C@H](C(C)(C)C)C2. The van der Waals surface area contributed by atoms with Crippen LogP contribution in [-0.2, 0) is 17.6 Å². The number of hydrogen-bond acceptors (Lipinski definition) is 6. The monoisotopic (exact) mass is 431 g/mol. The lowest BCUT2D eigenvalue weighted by molar-refractivity contribution is 0.0600. The summed E-state index contributed by atoms with van der Waals surface area (Å²) in [6.45, 7) is 6.74. The topological polar surface area (TPSA) is 73.9 Å².